The van der Waals surface area contributed by atoms with Crippen LogP contribution in [0.2, 0.25) is 0 Å². The number of hydrogen-bond acceptors (Lipinski definition) is 8. The Bertz CT molecular complexity index is 1320. The largest absolute Gasteiger partial charge is 0.454 e. The minimum absolute atomic E-state index is 0.0769. The maximum absolute atomic E-state index is 13.2. The average Bonchev–Trinajstić information content (AvgIpc) is 3.46. The third-order valence-corrected chi connectivity index (χ3v) is 5.41. The van der Waals surface area contributed by atoms with Crippen LogP contribution in [0.1, 0.15) is 32.2 Å². The van der Waals surface area contributed by atoms with Crippen LogP contribution < -0.4 is 0 Å². The Balaban J connectivity index is 1.37. The lowest BCUT2D eigenvalue weighted by molar-refractivity contribution is -0.150. The molecule has 0 saturated heterocycles. The van der Waals surface area contributed by atoms with Crippen LogP contribution in [0.25, 0.3) is 11.4 Å². The molecule has 2 aromatic carbocycles. The van der Waals surface area contributed by atoms with Gasteiger partial charge < -0.3 is 9.26 Å². The molecule has 0 bridgehead atoms. The first-order chi connectivity index (χ1) is 16.6. The van der Waals surface area contributed by atoms with Crippen molar-refractivity contribution in [3.05, 3.63) is 102 Å². The number of pyridine rings is 1. The monoisotopic (exact) mass is 454 g/mol. The number of ether oxygens (including phenoxy) is 1. The summed E-state index contributed by atoms with van der Waals surface area (Å²) < 4.78 is 10.6. The van der Waals surface area contributed by atoms with E-state index in [-0.39, 0.29) is 30.0 Å². The highest BCUT2D eigenvalue weighted by atomic mass is 16.6. The maximum Gasteiger partial charge on any atom is 0.330 e. The van der Waals surface area contributed by atoms with Gasteiger partial charge in [-0.1, -0.05) is 47.6 Å². The molecule has 2 aromatic heterocycles. The highest BCUT2D eigenvalue weighted by Crippen LogP contribution is 2.26. The molecule has 0 spiro atoms. The van der Waals surface area contributed by atoms with E-state index in [4.69, 9.17) is 9.26 Å². The fourth-order valence-electron chi connectivity index (χ4n) is 3.76. The number of esters is 1. The second-order valence-electron chi connectivity index (χ2n) is 7.59. The lowest BCUT2D eigenvalue weighted by Gasteiger charge is -2.24. The minimum atomic E-state index is -1.16. The summed E-state index contributed by atoms with van der Waals surface area (Å²) in [5, 5.41) is 3.87. The molecule has 3 heterocycles. The number of aromatic nitrogens is 3. The number of imide groups is 1. The van der Waals surface area contributed by atoms with Gasteiger partial charge in [-0.3, -0.25) is 19.5 Å². The van der Waals surface area contributed by atoms with Crippen LogP contribution in [0.3, 0.4) is 0 Å². The van der Waals surface area contributed by atoms with E-state index in [0.717, 1.165) is 10.5 Å². The summed E-state index contributed by atoms with van der Waals surface area (Å²) in [6, 6.07) is 17.9. The normalized spacial score (nSPS) is 13.6. The number of carbonyl (C=O) groups is 3. The topological polar surface area (TPSA) is 115 Å². The Morgan fingerprint density at radius 3 is 2.32 bits per heavy atom. The SMILES string of the molecule is O=C(OCc1nc(-c2cccnc2)no1)[C@H](Cc1ccccc1)N1C(=O)c2ccccc2C1=O. The quantitative estimate of drug-likeness (QED) is 0.309. The second-order valence-corrected chi connectivity index (χ2v) is 7.59. The van der Waals surface area contributed by atoms with Crippen LogP contribution in [-0.2, 0) is 22.6 Å². The van der Waals surface area contributed by atoms with Gasteiger partial charge in [0, 0.05) is 24.4 Å². The van der Waals surface area contributed by atoms with E-state index in [9.17, 15) is 14.4 Å². The maximum atomic E-state index is 13.2. The van der Waals surface area contributed by atoms with E-state index in [0.29, 0.717) is 11.4 Å². The highest BCUT2D eigenvalue weighted by Gasteiger charge is 2.43. The van der Waals surface area contributed by atoms with Crippen LogP contribution in [0.4, 0.5) is 0 Å². The molecule has 2 amide bonds. The van der Waals surface area contributed by atoms with Crippen molar-refractivity contribution in [3.63, 3.8) is 0 Å². The summed E-state index contributed by atoms with van der Waals surface area (Å²) in [7, 11) is 0. The molecule has 0 saturated carbocycles. The summed E-state index contributed by atoms with van der Waals surface area (Å²) in [4.78, 5) is 48.4. The van der Waals surface area contributed by atoms with Crippen molar-refractivity contribution in [2.45, 2.75) is 19.1 Å². The van der Waals surface area contributed by atoms with Gasteiger partial charge >= 0.3 is 5.97 Å². The summed E-state index contributed by atoms with van der Waals surface area (Å²) in [5.74, 6) is -1.43. The first kappa shape index (κ1) is 21.2. The Kier molecular flexibility index (Phi) is 5.65. The van der Waals surface area contributed by atoms with Crippen molar-refractivity contribution in [1.29, 1.82) is 0 Å². The number of nitrogens with zero attached hydrogens (tertiary/aromatic N) is 4. The molecular formula is C25H18N4O5. The fourth-order valence-corrected chi connectivity index (χ4v) is 3.76. The highest BCUT2D eigenvalue weighted by molar-refractivity contribution is 6.22. The predicted octanol–water partition coefficient (Wildman–Crippen LogP) is 3.08. The number of amides is 2. The lowest BCUT2D eigenvalue weighted by atomic mass is 10.0. The number of hydrogen-bond donors (Lipinski definition) is 0. The van der Waals surface area contributed by atoms with Crippen LogP contribution >= 0.6 is 0 Å². The molecule has 5 rings (SSSR count). The lowest BCUT2D eigenvalue weighted by Crippen LogP contribution is -2.47. The van der Waals surface area contributed by atoms with E-state index in [1.807, 2.05) is 30.3 Å². The van der Waals surface area contributed by atoms with Crippen molar-refractivity contribution < 1.29 is 23.6 Å². The molecule has 0 radical (unpaired) electrons. The molecule has 1 aliphatic heterocycles. The summed E-state index contributed by atoms with van der Waals surface area (Å²) in [5.41, 5.74) is 1.95. The summed E-state index contributed by atoms with van der Waals surface area (Å²) in [6.07, 6.45) is 3.31. The number of benzene rings is 2. The first-order valence-corrected chi connectivity index (χ1v) is 10.5. The van der Waals surface area contributed by atoms with Crippen molar-refractivity contribution in [2.24, 2.45) is 0 Å². The Labute approximate surface area is 194 Å². The van der Waals surface area contributed by atoms with Crippen molar-refractivity contribution >= 4 is 17.8 Å². The molecule has 9 heteroatoms. The standard InChI is InChI=1S/C25H18N4O5/c30-23-18-10-4-5-11-19(18)24(31)29(23)20(13-16-7-2-1-3-8-16)25(32)33-15-21-27-22(28-34-21)17-9-6-12-26-14-17/h1-12,14,20H,13,15H2/t20-/m0/s1. The van der Waals surface area contributed by atoms with E-state index < -0.39 is 23.8 Å². The Morgan fingerprint density at radius 1 is 0.941 bits per heavy atom. The van der Waals surface area contributed by atoms with Gasteiger partial charge in [0.1, 0.15) is 6.04 Å². The third kappa shape index (κ3) is 4.06. The molecule has 1 aliphatic rings. The second kappa shape index (κ2) is 9.07. The van der Waals surface area contributed by atoms with Gasteiger partial charge in [0.2, 0.25) is 5.82 Å². The molecule has 0 unspecified atom stereocenters. The number of carbonyl (C=O) groups excluding carboxylic acids is 3. The van der Waals surface area contributed by atoms with Crippen LogP contribution in [0.15, 0.2) is 83.6 Å². The van der Waals surface area contributed by atoms with Gasteiger partial charge in [0.15, 0.2) is 6.61 Å². The first-order valence-electron chi connectivity index (χ1n) is 10.5. The Morgan fingerprint density at radius 2 is 1.65 bits per heavy atom. The van der Waals surface area contributed by atoms with Gasteiger partial charge in [-0.15, -0.1) is 0 Å². The average molecular weight is 454 g/mol. The zero-order valence-electron chi connectivity index (χ0n) is 17.8. The summed E-state index contributed by atoms with van der Waals surface area (Å²) >= 11 is 0. The molecule has 168 valence electrons. The zero-order valence-corrected chi connectivity index (χ0v) is 17.8. The van der Waals surface area contributed by atoms with Gasteiger partial charge in [0.05, 0.1) is 11.1 Å². The zero-order chi connectivity index (χ0) is 23.5. The number of rotatable bonds is 7. The number of fused-ring (bicyclic) bond motifs is 1. The van der Waals surface area contributed by atoms with Crippen LogP contribution in [0.5, 0.6) is 0 Å². The molecule has 0 N–H and O–H groups in total. The molecular weight excluding hydrogens is 436 g/mol. The van der Waals surface area contributed by atoms with Crippen LogP contribution in [-0.4, -0.2) is 43.9 Å². The fraction of sp³-hybridized carbons (Fsp3) is 0.120. The minimum Gasteiger partial charge on any atom is -0.454 e. The van der Waals surface area contributed by atoms with E-state index >= 15 is 0 Å². The molecule has 0 fully saturated rings. The van der Waals surface area contributed by atoms with E-state index in [1.165, 1.54) is 0 Å². The predicted molar refractivity (Wildman–Crippen MR) is 118 cm³/mol. The van der Waals surface area contributed by atoms with Crippen molar-refractivity contribution in [2.75, 3.05) is 0 Å². The van der Waals surface area contributed by atoms with Crippen molar-refractivity contribution in [1.82, 2.24) is 20.0 Å². The van der Waals surface area contributed by atoms with Gasteiger partial charge in [-0.05, 0) is 29.8 Å². The Hall–Kier alpha value is -4.66. The third-order valence-electron chi connectivity index (χ3n) is 5.41. The van der Waals surface area contributed by atoms with Gasteiger partial charge in [-0.25, -0.2) is 4.79 Å². The van der Waals surface area contributed by atoms with E-state index in [2.05, 4.69) is 15.1 Å². The van der Waals surface area contributed by atoms with Crippen LogP contribution in [0, 0.1) is 0 Å². The summed E-state index contributed by atoms with van der Waals surface area (Å²) in [6.45, 7) is -0.305. The van der Waals surface area contributed by atoms with E-state index in [1.54, 1.807) is 48.8 Å². The molecule has 1 atom stereocenters. The smallest absolute Gasteiger partial charge is 0.330 e. The van der Waals surface area contributed by atoms with Gasteiger partial charge in [0.25, 0.3) is 17.7 Å². The molecule has 0 aliphatic carbocycles. The molecule has 9 nitrogen and oxygen atoms in total. The van der Waals surface area contributed by atoms with Gasteiger partial charge in [-0.2, -0.15) is 4.98 Å². The molecule has 34 heavy (non-hydrogen) atoms. The molecule has 4 aromatic rings. The van der Waals surface area contributed by atoms with Crippen molar-refractivity contribution in [3.8, 4) is 11.4 Å².